The molecule has 5 nitrogen and oxygen atoms in total. The third kappa shape index (κ3) is 3.10. The molecule has 1 aliphatic heterocycles. The van der Waals surface area contributed by atoms with E-state index in [-0.39, 0.29) is 5.91 Å². The van der Waals surface area contributed by atoms with E-state index in [1.54, 1.807) is 11.3 Å². The minimum absolute atomic E-state index is 0.114. The van der Waals surface area contributed by atoms with Gasteiger partial charge in [-0.3, -0.25) is 4.79 Å². The van der Waals surface area contributed by atoms with E-state index in [2.05, 4.69) is 35.9 Å². The summed E-state index contributed by atoms with van der Waals surface area (Å²) in [5.74, 6) is 0.114. The quantitative estimate of drug-likeness (QED) is 0.669. The predicted octanol–water partition coefficient (Wildman–Crippen LogP) is 3.95. The molecule has 0 bridgehead atoms. The molecule has 0 N–H and O–H groups in total. The van der Waals surface area contributed by atoms with Crippen molar-refractivity contribution in [1.29, 1.82) is 0 Å². The van der Waals surface area contributed by atoms with Gasteiger partial charge in [-0.2, -0.15) is 0 Å². The number of aromatic nitrogens is 2. The highest BCUT2D eigenvalue weighted by atomic mass is 32.1. The van der Waals surface area contributed by atoms with Crippen LogP contribution in [0.25, 0.3) is 10.2 Å². The van der Waals surface area contributed by atoms with Gasteiger partial charge in [0.2, 0.25) is 0 Å². The van der Waals surface area contributed by atoms with Crippen molar-refractivity contribution in [3.05, 3.63) is 38.8 Å². The fourth-order valence-electron chi connectivity index (χ4n) is 3.47. The van der Waals surface area contributed by atoms with Gasteiger partial charge in [-0.15, -0.1) is 11.3 Å². The fraction of sp³-hybridized carbons (Fsp3) is 0.421. The lowest BCUT2D eigenvalue weighted by Crippen LogP contribution is -2.48. The standard InChI is InChI=1S/C19H22N4OS2/c1-11-9-12(2)16-15(10-11)26-19(21-16)23-7-5-22(6-8-23)18(24)17-13(3)20-14(4)25-17/h9-10H,5-8H2,1-4H3. The molecule has 26 heavy (non-hydrogen) atoms. The van der Waals surface area contributed by atoms with Crippen LogP contribution >= 0.6 is 22.7 Å². The molecule has 7 heteroatoms. The number of carbonyl (C=O) groups is 1. The Hall–Kier alpha value is -1.99. The van der Waals surface area contributed by atoms with E-state index in [0.717, 1.165) is 52.4 Å². The SMILES string of the molecule is Cc1cc(C)c2nc(N3CCN(C(=O)c4sc(C)nc4C)CC3)sc2c1. The second-order valence-corrected chi connectivity index (χ2v) is 9.06. The summed E-state index contributed by atoms with van der Waals surface area (Å²) in [5, 5.41) is 2.01. The topological polar surface area (TPSA) is 49.3 Å². The van der Waals surface area contributed by atoms with Gasteiger partial charge in [-0.05, 0) is 44.9 Å². The van der Waals surface area contributed by atoms with Crippen LogP contribution in [0, 0.1) is 27.7 Å². The lowest BCUT2D eigenvalue weighted by atomic mass is 10.1. The van der Waals surface area contributed by atoms with Crippen LogP contribution < -0.4 is 4.90 Å². The molecule has 1 aliphatic rings. The van der Waals surface area contributed by atoms with Gasteiger partial charge in [0.1, 0.15) is 4.88 Å². The van der Waals surface area contributed by atoms with Crippen molar-refractivity contribution < 1.29 is 4.79 Å². The minimum atomic E-state index is 0.114. The van der Waals surface area contributed by atoms with Crippen molar-refractivity contribution in [3.63, 3.8) is 0 Å². The molecule has 1 saturated heterocycles. The van der Waals surface area contributed by atoms with E-state index in [1.165, 1.54) is 27.2 Å². The molecule has 0 aliphatic carbocycles. The highest BCUT2D eigenvalue weighted by Crippen LogP contribution is 2.32. The molecule has 3 aromatic rings. The Morgan fingerprint density at radius 3 is 2.38 bits per heavy atom. The van der Waals surface area contributed by atoms with Gasteiger partial charge >= 0.3 is 0 Å². The molecule has 1 fully saturated rings. The van der Waals surface area contributed by atoms with Gasteiger partial charge in [0.25, 0.3) is 5.91 Å². The monoisotopic (exact) mass is 386 g/mol. The highest BCUT2D eigenvalue weighted by molar-refractivity contribution is 7.22. The summed E-state index contributed by atoms with van der Waals surface area (Å²) in [5.41, 5.74) is 4.45. The molecule has 136 valence electrons. The van der Waals surface area contributed by atoms with Gasteiger partial charge in [0.05, 0.1) is 20.9 Å². The van der Waals surface area contributed by atoms with E-state index >= 15 is 0 Å². The number of thiazole rings is 2. The van der Waals surface area contributed by atoms with Crippen LogP contribution in [0.1, 0.15) is 31.5 Å². The Morgan fingerprint density at radius 2 is 1.73 bits per heavy atom. The zero-order valence-corrected chi connectivity index (χ0v) is 17.1. The molecular weight excluding hydrogens is 364 g/mol. The summed E-state index contributed by atoms with van der Waals surface area (Å²) in [4.78, 5) is 27.0. The number of carbonyl (C=O) groups excluding carboxylic acids is 1. The second-order valence-electron chi connectivity index (χ2n) is 6.85. The van der Waals surface area contributed by atoms with E-state index in [1.807, 2.05) is 18.7 Å². The minimum Gasteiger partial charge on any atom is -0.345 e. The van der Waals surface area contributed by atoms with Crippen LogP contribution in [0.3, 0.4) is 0 Å². The Kier molecular flexibility index (Phi) is 4.44. The average Bonchev–Trinajstić information content (AvgIpc) is 3.17. The zero-order valence-electron chi connectivity index (χ0n) is 15.5. The summed E-state index contributed by atoms with van der Waals surface area (Å²) in [6, 6.07) is 4.39. The van der Waals surface area contributed by atoms with E-state index in [4.69, 9.17) is 4.98 Å². The first-order chi connectivity index (χ1) is 12.4. The van der Waals surface area contributed by atoms with Gasteiger partial charge < -0.3 is 9.80 Å². The maximum Gasteiger partial charge on any atom is 0.265 e. The number of hydrogen-bond acceptors (Lipinski definition) is 6. The summed E-state index contributed by atoms with van der Waals surface area (Å²) in [7, 11) is 0. The first-order valence-corrected chi connectivity index (χ1v) is 10.4. The summed E-state index contributed by atoms with van der Waals surface area (Å²) < 4.78 is 1.24. The number of aryl methyl sites for hydroxylation is 4. The summed E-state index contributed by atoms with van der Waals surface area (Å²) in [6.07, 6.45) is 0. The van der Waals surface area contributed by atoms with Crippen molar-refractivity contribution in [3.8, 4) is 0 Å². The fourth-order valence-corrected chi connectivity index (χ4v) is 5.55. The van der Waals surface area contributed by atoms with Crippen LogP contribution in [0.15, 0.2) is 12.1 Å². The molecule has 3 heterocycles. The van der Waals surface area contributed by atoms with Gasteiger partial charge in [-0.1, -0.05) is 17.4 Å². The van der Waals surface area contributed by atoms with E-state index in [9.17, 15) is 4.79 Å². The van der Waals surface area contributed by atoms with Gasteiger partial charge in [0.15, 0.2) is 5.13 Å². The number of piperazine rings is 1. The van der Waals surface area contributed by atoms with Crippen molar-refractivity contribution in [2.45, 2.75) is 27.7 Å². The number of anilines is 1. The van der Waals surface area contributed by atoms with E-state index in [0.29, 0.717) is 0 Å². The average molecular weight is 387 g/mol. The number of fused-ring (bicyclic) bond motifs is 1. The molecule has 0 atom stereocenters. The Labute approximate surface area is 161 Å². The molecule has 0 unspecified atom stereocenters. The van der Waals surface area contributed by atoms with Crippen LogP contribution in [0.2, 0.25) is 0 Å². The third-order valence-corrected chi connectivity index (χ3v) is 6.88. The molecule has 0 radical (unpaired) electrons. The van der Waals surface area contributed by atoms with Crippen LogP contribution in [-0.4, -0.2) is 47.0 Å². The van der Waals surface area contributed by atoms with Crippen molar-refractivity contribution in [1.82, 2.24) is 14.9 Å². The zero-order chi connectivity index (χ0) is 18.4. The number of amides is 1. The maximum atomic E-state index is 12.8. The normalized spacial score (nSPS) is 15.1. The molecule has 1 amide bonds. The number of nitrogens with zero attached hydrogens (tertiary/aromatic N) is 4. The summed E-state index contributed by atoms with van der Waals surface area (Å²) >= 11 is 3.24. The Balaban J connectivity index is 1.49. The van der Waals surface area contributed by atoms with E-state index < -0.39 is 0 Å². The molecule has 0 spiro atoms. The van der Waals surface area contributed by atoms with Crippen molar-refractivity contribution in [2.24, 2.45) is 0 Å². The van der Waals surface area contributed by atoms with Gasteiger partial charge in [0, 0.05) is 26.2 Å². The molecule has 4 rings (SSSR count). The molecule has 2 aromatic heterocycles. The van der Waals surface area contributed by atoms with Crippen LogP contribution in [-0.2, 0) is 0 Å². The van der Waals surface area contributed by atoms with Gasteiger partial charge in [-0.25, -0.2) is 9.97 Å². The smallest absolute Gasteiger partial charge is 0.265 e. The first kappa shape index (κ1) is 17.4. The highest BCUT2D eigenvalue weighted by Gasteiger charge is 2.26. The Morgan fingerprint density at radius 1 is 1.00 bits per heavy atom. The lowest BCUT2D eigenvalue weighted by molar-refractivity contribution is 0.0750. The number of benzene rings is 1. The second kappa shape index (κ2) is 6.63. The third-order valence-electron chi connectivity index (χ3n) is 4.75. The molecule has 1 aromatic carbocycles. The van der Waals surface area contributed by atoms with Crippen LogP contribution in [0.4, 0.5) is 5.13 Å². The first-order valence-electron chi connectivity index (χ1n) is 8.78. The van der Waals surface area contributed by atoms with Crippen molar-refractivity contribution >= 4 is 43.9 Å². The molecular formula is C19H22N4OS2. The predicted molar refractivity (Wildman–Crippen MR) is 109 cm³/mol. The lowest BCUT2D eigenvalue weighted by Gasteiger charge is -2.34. The largest absolute Gasteiger partial charge is 0.345 e. The Bertz CT molecular complexity index is 983. The maximum absolute atomic E-state index is 12.8. The van der Waals surface area contributed by atoms with Crippen LogP contribution in [0.5, 0.6) is 0 Å². The van der Waals surface area contributed by atoms with Crippen molar-refractivity contribution in [2.75, 3.05) is 31.1 Å². The number of rotatable bonds is 2. The summed E-state index contributed by atoms with van der Waals surface area (Å²) in [6.45, 7) is 11.2. The number of hydrogen-bond donors (Lipinski definition) is 0. The molecule has 0 saturated carbocycles.